The molecule has 0 amide bonds. The van der Waals surface area contributed by atoms with Gasteiger partial charge in [-0.3, -0.25) is 4.57 Å². The fourth-order valence-electron chi connectivity index (χ4n) is 10.5. The van der Waals surface area contributed by atoms with E-state index >= 15 is 0 Å². The van der Waals surface area contributed by atoms with Gasteiger partial charge in [-0.1, -0.05) is 162 Å². The van der Waals surface area contributed by atoms with Crippen LogP contribution in [0.15, 0.2) is 191 Å². The van der Waals surface area contributed by atoms with Gasteiger partial charge in [-0.15, -0.1) is 0 Å². The Bertz CT molecular complexity index is 4020. The first-order valence-electron chi connectivity index (χ1n) is 23.2. The van der Waals surface area contributed by atoms with E-state index in [2.05, 4.69) is 178 Å². The summed E-state index contributed by atoms with van der Waals surface area (Å²) in [4.78, 5) is 16.1. The third-order valence-electron chi connectivity index (χ3n) is 13.6. The highest BCUT2D eigenvalue weighted by atomic mass is 16.3. The van der Waals surface area contributed by atoms with Crippen LogP contribution >= 0.6 is 0 Å². The Balaban J connectivity index is 0.00000145. The highest BCUT2D eigenvalue weighted by Crippen LogP contribution is 2.50. The molecule has 0 saturated carbocycles. The van der Waals surface area contributed by atoms with E-state index in [0.717, 1.165) is 93.3 Å². The molecule has 0 aliphatic heterocycles. The number of furan rings is 2. The van der Waals surface area contributed by atoms with E-state index in [9.17, 15) is 0 Å². The summed E-state index contributed by atoms with van der Waals surface area (Å²) in [7, 11) is 0. The molecule has 6 heteroatoms. The van der Waals surface area contributed by atoms with Crippen molar-refractivity contribution in [1.29, 1.82) is 0 Å². The molecular formula is C61H44N4O2. The minimum Gasteiger partial charge on any atom is -0.456 e. The van der Waals surface area contributed by atoms with Gasteiger partial charge in [-0.05, 0) is 93.2 Å². The highest BCUT2D eigenvalue weighted by molar-refractivity contribution is 6.17. The molecule has 0 atom stereocenters. The zero-order valence-electron chi connectivity index (χ0n) is 37.6. The lowest BCUT2D eigenvalue weighted by molar-refractivity contribution is 0.660. The molecule has 14 rings (SSSR count). The predicted octanol–water partition coefficient (Wildman–Crippen LogP) is 16.6. The Labute approximate surface area is 386 Å². The van der Waals surface area contributed by atoms with Crippen LogP contribution in [-0.2, 0) is 5.41 Å². The van der Waals surface area contributed by atoms with Crippen molar-refractivity contribution in [3.8, 4) is 51.0 Å². The summed E-state index contributed by atoms with van der Waals surface area (Å²) in [6.07, 6.45) is 1.25. The summed E-state index contributed by atoms with van der Waals surface area (Å²) in [5, 5.41) is 8.79. The topological polar surface area (TPSA) is 69.9 Å². The SMILES string of the molecule is CC1(C)c2ccccc2-c2cc(-c3cccc4c5cc6ccccc6cc5n(-c5nc(-c6ccc7c(c6)oc6ccccc67)nc(-c6ccc7c(c6)oc6ccccc67)n5)c34)ccc21.CCC. The van der Waals surface area contributed by atoms with Crippen LogP contribution in [0.5, 0.6) is 0 Å². The normalized spacial score (nSPS) is 13.0. The molecule has 67 heavy (non-hydrogen) atoms. The van der Waals surface area contributed by atoms with Crippen LogP contribution in [-0.4, -0.2) is 19.5 Å². The number of hydrogen-bond donors (Lipinski definition) is 0. The van der Waals surface area contributed by atoms with Gasteiger partial charge in [0.15, 0.2) is 11.6 Å². The molecule has 4 heterocycles. The Hall–Kier alpha value is -8.35. The zero-order chi connectivity index (χ0) is 45.0. The molecule has 0 radical (unpaired) electrons. The van der Waals surface area contributed by atoms with Gasteiger partial charge in [0, 0.05) is 54.4 Å². The highest BCUT2D eigenvalue weighted by Gasteiger charge is 2.35. The molecule has 0 fully saturated rings. The maximum Gasteiger partial charge on any atom is 0.238 e. The second-order valence-corrected chi connectivity index (χ2v) is 18.3. The monoisotopic (exact) mass is 864 g/mol. The molecule has 1 aliphatic rings. The van der Waals surface area contributed by atoms with Crippen molar-refractivity contribution in [3.05, 3.63) is 193 Å². The van der Waals surface area contributed by atoms with Crippen molar-refractivity contribution >= 4 is 76.5 Å². The third kappa shape index (κ3) is 5.99. The van der Waals surface area contributed by atoms with Crippen molar-refractivity contribution in [3.63, 3.8) is 0 Å². The summed E-state index contributed by atoms with van der Waals surface area (Å²) < 4.78 is 15.1. The summed E-state index contributed by atoms with van der Waals surface area (Å²) in [5.74, 6) is 1.60. The zero-order valence-corrected chi connectivity index (χ0v) is 37.6. The first-order chi connectivity index (χ1) is 32.9. The summed E-state index contributed by atoms with van der Waals surface area (Å²) in [5.41, 5.74) is 14.3. The average Bonchev–Trinajstić information content (AvgIpc) is 4.09. The maximum absolute atomic E-state index is 6.41. The Morgan fingerprint density at radius 3 is 1.61 bits per heavy atom. The second-order valence-electron chi connectivity index (χ2n) is 18.3. The third-order valence-corrected chi connectivity index (χ3v) is 13.6. The number of nitrogens with zero attached hydrogens (tertiary/aromatic N) is 4. The van der Waals surface area contributed by atoms with Gasteiger partial charge in [0.05, 0.1) is 11.0 Å². The first-order valence-corrected chi connectivity index (χ1v) is 23.2. The molecule has 0 bridgehead atoms. The van der Waals surface area contributed by atoms with Gasteiger partial charge in [0.1, 0.15) is 22.3 Å². The smallest absolute Gasteiger partial charge is 0.238 e. The number of fused-ring (bicyclic) bond motifs is 13. The van der Waals surface area contributed by atoms with E-state index in [0.29, 0.717) is 17.6 Å². The van der Waals surface area contributed by atoms with Crippen molar-refractivity contribution in [2.24, 2.45) is 0 Å². The predicted molar refractivity (Wildman–Crippen MR) is 276 cm³/mol. The summed E-state index contributed by atoms with van der Waals surface area (Å²) in [6, 6.07) is 64.4. The van der Waals surface area contributed by atoms with E-state index in [4.69, 9.17) is 23.8 Å². The van der Waals surface area contributed by atoms with Gasteiger partial charge < -0.3 is 8.83 Å². The van der Waals surface area contributed by atoms with Crippen molar-refractivity contribution in [2.75, 3.05) is 0 Å². The molecule has 13 aromatic rings. The molecule has 0 saturated heterocycles. The molecule has 4 aromatic heterocycles. The molecule has 0 spiro atoms. The lowest BCUT2D eigenvalue weighted by atomic mass is 9.82. The van der Waals surface area contributed by atoms with Crippen molar-refractivity contribution < 1.29 is 8.83 Å². The molecule has 0 N–H and O–H groups in total. The number of benzene rings is 9. The average molecular weight is 865 g/mol. The Morgan fingerprint density at radius 1 is 0.418 bits per heavy atom. The standard InChI is InChI=1S/C58H36N4O2.C3H8/c1-58(2)47-19-8-5-14-39(47)45-29-35(24-27-48(45)58)38-17-11-18-44-46-28-33-12-3-4-13-34(33)30-49(46)62(54(38)44)57-60-55(36-22-25-42-40-15-6-9-20-50(40)63-52(42)31-36)59-56(61-57)37-23-26-43-41-16-7-10-21-51(41)64-53(43)32-37;1-3-2/h3-32H,1-2H3;3H2,1-2H3. The van der Waals surface area contributed by atoms with Gasteiger partial charge in [0.25, 0.3) is 0 Å². The fourth-order valence-corrected chi connectivity index (χ4v) is 10.5. The van der Waals surface area contributed by atoms with E-state index in [-0.39, 0.29) is 5.41 Å². The summed E-state index contributed by atoms with van der Waals surface area (Å²) >= 11 is 0. The molecule has 6 nitrogen and oxygen atoms in total. The number of para-hydroxylation sites is 3. The number of hydrogen-bond acceptors (Lipinski definition) is 5. The molecule has 9 aromatic carbocycles. The largest absolute Gasteiger partial charge is 0.456 e. The van der Waals surface area contributed by atoms with Crippen molar-refractivity contribution in [2.45, 2.75) is 39.5 Å². The Morgan fingerprint density at radius 2 is 0.940 bits per heavy atom. The second kappa shape index (κ2) is 14.8. The quantitative estimate of drug-likeness (QED) is 0.176. The minimum absolute atomic E-state index is 0.0973. The van der Waals surface area contributed by atoms with Crippen LogP contribution in [0, 0.1) is 0 Å². The minimum atomic E-state index is -0.0973. The Kier molecular flexibility index (Phi) is 8.65. The van der Waals surface area contributed by atoms with Gasteiger partial charge in [-0.25, -0.2) is 4.98 Å². The van der Waals surface area contributed by atoms with E-state index < -0.39 is 0 Å². The van der Waals surface area contributed by atoms with Crippen LogP contribution in [0.2, 0.25) is 0 Å². The summed E-state index contributed by atoms with van der Waals surface area (Å²) in [6.45, 7) is 8.91. The van der Waals surface area contributed by atoms with Crippen molar-refractivity contribution in [1.82, 2.24) is 19.5 Å². The number of aromatic nitrogens is 4. The van der Waals surface area contributed by atoms with Crippen LogP contribution in [0.25, 0.3) is 127 Å². The maximum atomic E-state index is 6.41. The fraction of sp³-hybridized carbons (Fsp3) is 0.0984. The van der Waals surface area contributed by atoms with Gasteiger partial charge in [-0.2, -0.15) is 9.97 Å². The first kappa shape index (κ1) is 39.1. The molecule has 0 unspecified atom stereocenters. The van der Waals surface area contributed by atoms with E-state index in [1.165, 1.54) is 34.1 Å². The lowest BCUT2D eigenvalue weighted by Crippen LogP contribution is -2.14. The van der Waals surface area contributed by atoms with E-state index in [1.807, 2.05) is 36.4 Å². The van der Waals surface area contributed by atoms with Crippen LogP contribution in [0.4, 0.5) is 0 Å². The van der Waals surface area contributed by atoms with Gasteiger partial charge in [0.2, 0.25) is 5.95 Å². The van der Waals surface area contributed by atoms with Crippen LogP contribution < -0.4 is 0 Å². The molecule has 1 aliphatic carbocycles. The van der Waals surface area contributed by atoms with Gasteiger partial charge >= 0.3 is 0 Å². The molecular weight excluding hydrogens is 821 g/mol. The molecule has 320 valence electrons. The lowest BCUT2D eigenvalue weighted by Gasteiger charge is -2.21. The number of rotatable bonds is 4. The van der Waals surface area contributed by atoms with E-state index in [1.54, 1.807) is 0 Å². The van der Waals surface area contributed by atoms with Crippen LogP contribution in [0.3, 0.4) is 0 Å². The van der Waals surface area contributed by atoms with Crippen LogP contribution in [0.1, 0.15) is 45.2 Å².